The smallest absolute Gasteiger partial charge is 0.221 e. The molecule has 0 fully saturated rings. The normalized spacial score (nSPS) is 14.5. The second kappa shape index (κ2) is 4.10. The Balaban J connectivity index is 1.99. The number of aliphatic imine (C=N–C) groups is 1. The van der Waals surface area contributed by atoms with Crippen molar-refractivity contribution in [3.8, 4) is 0 Å². The lowest BCUT2D eigenvalue weighted by atomic mass is 10.2. The van der Waals surface area contributed by atoms with Crippen LogP contribution >= 0.6 is 0 Å². The number of aromatic nitrogens is 2. The van der Waals surface area contributed by atoms with Crippen LogP contribution in [0, 0.1) is 0 Å². The van der Waals surface area contributed by atoms with Gasteiger partial charge in [-0.05, 0) is 18.2 Å². The molecule has 18 heavy (non-hydrogen) atoms. The highest BCUT2D eigenvalue weighted by atomic mass is 16.1. The van der Waals surface area contributed by atoms with Crippen molar-refractivity contribution in [2.75, 3.05) is 6.54 Å². The molecular formula is C13H12N4O. The van der Waals surface area contributed by atoms with Gasteiger partial charge in [-0.3, -0.25) is 9.79 Å². The summed E-state index contributed by atoms with van der Waals surface area (Å²) < 4.78 is 0. The zero-order chi connectivity index (χ0) is 12.5. The van der Waals surface area contributed by atoms with Crippen molar-refractivity contribution in [2.24, 2.45) is 4.99 Å². The van der Waals surface area contributed by atoms with Gasteiger partial charge < -0.3 is 10.3 Å². The lowest BCUT2D eigenvalue weighted by Crippen LogP contribution is -2.24. The summed E-state index contributed by atoms with van der Waals surface area (Å²) in [6.45, 7) is 2.05. The van der Waals surface area contributed by atoms with Gasteiger partial charge in [-0.1, -0.05) is 12.1 Å². The van der Waals surface area contributed by atoms with Crippen molar-refractivity contribution in [1.29, 1.82) is 0 Å². The second-order valence-electron chi connectivity index (χ2n) is 4.09. The van der Waals surface area contributed by atoms with E-state index in [1.165, 1.54) is 6.92 Å². The molecule has 1 aromatic heterocycles. The molecule has 0 saturated carbocycles. The summed E-state index contributed by atoms with van der Waals surface area (Å²) in [5, 5.41) is 2.77. The number of allylic oxidation sites excluding steroid dienone is 1. The fourth-order valence-electron chi connectivity index (χ4n) is 1.98. The van der Waals surface area contributed by atoms with Crippen LogP contribution in [0.3, 0.4) is 0 Å². The van der Waals surface area contributed by atoms with Crippen molar-refractivity contribution < 1.29 is 4.79 Å². The number of amides is 1. The number of carbonyl (C=O) groups is 1. The van der Waals surface area contributed by atoms with Gasteiger partial charge in [0.05, 0.1) is 23.3 Å². The number of rotatable bonds is 2. The minimum atomic E-state index is -0.105. The van der Waals surface area contributed by atoms with Crippen LogP contribution < -0.4 is 5.32 Å². The van der Waals surface area contributed by atoms with Crippen LogP contribution in [-0.4, -0.2) is 28.1 Å². The maximum Gasteiger partial charge on any atom is 0.221 e. The summed E-state index contributed by atoms with van der Waals surface area (Å²) in [6, 6.07) is 7.79. The van der Waals surface area contributed by atoms with Crippen LogP contribution in [-0.2, 0) is 4.79 Å². The summed E-state index contributed by atoms with van der Waals surface area (Å²) in [5.74, 6) is 0.584. The van der Waals surface area contributed by atoms with Gasteiger partial charge >= 0.3 is 0 Å². The quantitative estimate of drug-likeness (QED) is 0.832. The molecule has 90 valence electrons. The fourth-order valence-corrected chi connectivity index (χ4v) is 1.98. The number of fused-ring (bicyclic) bond motifs is 1. The maximum atomic E-state index is 11.1. The van der Waals surface area contributed by atoms with Crippen molar-refractivity contribution in [3.63, 3.8) is 0 Å². The molecular weight excluding hydrogens is 228 g/mol. The van der Waals surface area contributed by atoms with Crippen LogP contribution in [0.4, 0.5) is 0 Å². The van der Waals surface area contributed by atoms with E-state index >= 15 is 0 Å². The lowest BCUT2D eigenvalue weighted by Gasteiger charge is -2.04. The van der Waals surface area contributed by atoms with Crippen molar-refractivity contribution in [1.82, 2.24) is 15.3 Å². The van der Waals surface area contributed by atoms with Crippen LogP contribution in [0.25, 0.3) is 11.0 Å². The molecule has 5 nitrogen and oxygen atoms in total. The topological polar surface area (TPSA) is 70.1 Å². The molecule has 1 amide bonds. The number of nitrogens with zero attached hydrogens (tertiary/aromatic N) is 2. The third-order valence-corrected chi connectivity index (χ3v) is 2.72. The first-order chi connectivity index (χ1) is 8.74. The first kappa shape index (κ1) is 10.7. The monoisotopic (exact) mass is 240 g/mol. The fraction of sp³-hybridized carbons (Fsp3) is 0.154. The Morgan fingerprint density at radius 2 is 2.22 bits per heavy atom. The van der Waals surface area contributed by atoms with Crippen LogP contribution in [0.1, 0.15) is 12.7 Å². The van der Waals surface area contributed by atoms with Gasteiger partial charge in [-0.2, -0.15) is 0 Å². The number of imidazole rings is 1. The molecule has 3 rings (SSSR count). The predicted octanol–water partition coefficient (Wildman–Crippen LogP) is 1.39. The molecule has 2 heterocycles. The summed E-state index contributed by atoms with van der Waals surface area (Å²) in [6.07, 6.45) is 1.88. The summed E-state index contributed by atoms with van der Waals surface area (Å²) >= 11 is 0. The maximum absolute atomic E-state index is 11.1. The Morgan fingerprint density at radius 3 is 3.00 bits per heavy atom. The summed E-state index contributed by atoms with van der Waals surface area (Å²) in [5.41, 5.74) is 3.29. The SMILES string of the molecule is CC(=O)NC1=CCN=C1c1nc2ccccc2[nH]1. The van der Waals surface area contributed by atoms with Crippen LogP contribution in [0.15, 0.2) is 41.0 Å². The second-order valence-corrected chi connectivity index (χ2v) is 4.09. The molecule has 0 atom stereocenters. The predicted molar refractivity (Wildman–Crippen MR) is 69.4 cm³/mol. The molecule has 1 aliphatic rings. The van der Waals surface area contributed by atoms with E-state index < -0.39 is 0 Å². The highest BCUT2D eigenvalue weighted by Gasteiger charge is 2.18. The van der Waals surface area contributed by atoms with Gasteiger partial charge in [0.25, 0.3) is 0 Å². The number of hydrogen-bond acceptors (Lipinski definition) is 3. The summed E-state index contributed by atoms with van der Waals surface area (Å²) in [7, 11) is 0. The Labute approximate surface area is 104 Å². The molecule has 2 aromatic rings. The molecule has 0 unspecified atom stereocenters. The zero-order valence-electron chi connectivity index (χ0n) is 9.90. The average molecular weight is 240 g/mol. The molecule has 0 saturated heterocycles. The zero-order valence-corrected chi connectivity index (χ0v) is 9.90. The van der Waals surface area contributed by atoms with Gasteiger partial charge in [0.2, 0.25) is 5.91 Å². The number of hydrogen-bond donors (Lipinski definition) is 2. The van der Waals surface area contributed by atoms with E-state index in [0.29, 0.717) is 18.1 Å². The minimum Gasteiger partial charge on any atom is -0.337 e. The molecule has 0 spiro atoms. The molecule has 0 aliphatic carbocycles. The Kier molecular flexibility index (Phi) is 2.44. The van der Waals surface area contributed by atoms with E-state index in [-0.39, 0.29) is 5.91 Å². The molecule has 5 heteroatoms. The number of benzene rings is 1. The van der Waals surface area contributed by atoms with Gasteiger partial charge in [0.15, 0.2) is 5.82 Å². The number of aromatic amines is 1. The molecule has 0 bridgehead atoms. The lowest BCUT2D eigenvalue weighted by molar-refractivity contribution is -0.118. The van der Waals surface area contributed by atoms with Crippen LogP contribution in [0.2, 0.25) is 0 Å². The standard InChI is InChI=1S/C13H12N4O/c1-8(18)15-11-6-7-14-12(11)13-16-9-4-2-3-5-10(9)17-13/h2-6H,7H2,1H3,(H,15,18)(H,16,17). The number of carbonyl (C=O) groups excluding carboxylic acids is 1. The average Bonchev–Trinajstić information content (AvgIpc) is 2.93. The summed E-state index contributed by atoms with van der Waals surface area (Å²) in [4.78, 5) is 23.1. The highest BCUT2D eigenvalue weighted by molar-refractivity contribution is 6.13. The molecule has 1 aliphatic heterocycles. The van der Waals surface area contributed by atoms with Crippen molar-refractivity contribution in [3.05, 3.63) is 41.9 Å². The Morgan fingerprint density at radius 1 is 1.39 bits per heavy atom. The van der Waals surface area contributed by atoms with E-state index in [1.807, 2.05) is 30.3 Å². The Bertz CT molecular complexity index is 648. The first-order valence-electron chi connectivity index (χ1n) is 5.72. The van der Waals surface area contributed by atoms with E-state index in [0.717, 1.165) is 16.7 Å². The van der Waals surface area contributed by atoms with E-state index in [1.54, 1.807) is 0 Å². The minimum absolute atomic E-state index is 0.105. The van der Waals surface area contributed by atoms with E-state index in [4.69, 9.17) is 0 Å². The number of nitrogens with one attached hydrogen (secondary N) is 2. The van der Waals surface area contributed by atoms with Gasteiger partial charge in [-0.25, -0.2) is 4.98 Å². The molecule has 2 N–H and O–H groups in total. The number of para-hydroxylation sites is 2. The third kappa shape index (κ3) is 1.79. The van der Waals surface area contributed by atoms with E-state index in [9.17, 15) is 4.79 Å². The number of H-pyrrole nitrogens is 1. The highest BCUT2D eigenvalue weighted by Crippen LogP contribution is 2.15. The van der Waals surface area contributed by atoms with Crippen LogP contribution in [0.5, 0.6) is 0 Å². The van der Waals surface area contributed by atoms with Crippen molar-refractivity contribution in [2.45, 2.75) is 6.92 Å². The van der Waals surface area contributed by atoms with Gasteiger partial charge in [-0.15, -0.1) is 0 Å². The third-order valence-electron chi connectivity index (χ3n) is 2.72. The molecule has 1 aromatic carbocycles. The van der Waals surface area contributed by atoms with Gasteiger partial charge in [0.1, 0.15) is 5.71 Å². The van der Waals surface area contributed by atoms with Gasteiger partial charge in [0, 0.05) is 6.92 Å². The van der Waals surface area contributed by atoms with Crippen molar-refractivity contribution >= 4 is 22.7 Å². The Hall–Kier alpha value is -2.43. The largest absolute Gasteiger partial charge is 0.337 e. The van der Waals surface area contributed by atoms with E-state index in [2.05, 4.69) is 20.3 Å². The first-order valence-corrected chi connectivity index (χ1v) is 5.72. The molecule has 0 radical (unpaired) electrons.